The molecule has 29 heavy (non-hydrogen) atoms. The summed E-state index contributed by atoms with van der Waals surface area (Å²) in [5, 5.41) is 6.11. The first-order chi connectivity index (χ1) is 14.0. The Labute approximate surface area is 174 Å². The van der Waals surface area contributed by atoms with Crippen molar-refractivity contribution in [1.82, 2.24) is 5.32 Å². The zero-order valence-corrected chi connectivity index (χ0v) is 17.6. The van der Waals surface area contributed by atoms with Gasteiger partial charge in [-0.15, -0.1) is 11.3 Å². The lowest BCUT2D eigenvalue weighted by Gasteiger charge is -2.18. The largest absolute Gasteiger partial charge is 0.449 e. The molecule has 2 aromatic rings. The summed E-state index contributed by atoms with van der Waals surface area (Å²) >= 11 is 1.44. The van der Waals surface area contributed by atoms with E-state index in [0.29, 0.717) is 23.5 Å². The van der Waals surface area contributed by atoms with Crippen molar-refractivity contribution in [2.24, 2.45) is 0 Å². The lowest BCUT2D eigenvalue weighted by atomic mass is 9.95. The molecule has 0 radical (unpaired) electrons. The SMILES string of the molecule is CCC(OC(=O)c1c(NC(C)=O)sc2c1CCCC2)C(=O)NCc1ccccc1. The molecule has 2 amide bonds. The maximum absolute atomic E-state index is 13.0. The van der Waals surface area contributed by atoms with Crippen molar-refractivity contribution in [3.8, 4) is 0 Å². The molecule has 0 aliphatic heterocycles. The van der Waals surface area contributed by atoms with Crippen LogP contribution in [0, 0.1) is 0 Å². The molecular formula is C22H26N2O4S. The van der Waals surface area contributed by atoms with Gasteiger partial charge >= 0.3 is 5.97 Å². The first-order valence-corrected chi connectivity index (χ1v) is 10.8. The molecule has 1 heterocycles. The number of nitrogens with one attached hydrogen (secondary N) is 2. The van der Waals surface area contributed by atoms with Crippen molar-refractivity contribution >= 4 is 34.1 Å². The monoisotopic (exact) mass is 414 g/mol. The number of amides is 2. The number of carbonyl (C=O) groups is 3. The standard InChI is InChI=1S/C22H26N2O4S/c1-3-17(20(26)23-13-15-9-5-4-6-10-15)28-22(27)19-16-11-7-8-12-18(16)29-21(19)24-14(2)25/h4-6,9-10,17H,3,7-8,11-13H2,1-2H3,(H,23,26)(H,24,25). The number of esters is 1. The van der Waals surface area contributed by atoms with Crippen LogP contribution in [0.3, 0.4) is 0 Å². The Bertz CT molecular complexity index is 892. The maximum Gasteiger partial charge on any atom is 0.342 e. The Morgan fingerprint density at radius 1 is 1.14 bits per heavy atom. The van der Waals surface area contributed by atoms with Crippen LogP contribution in [0.5, 0.6) is 0 Å². The van der Waals surface area contributed by atoms with Crippen LogP contribution >= 0.6 is 11.3 Å². The van der Waals surface area contributed by atoms with Crippen LogP contribution in [-0.2, 0) is 33.7 Å². The van der Waals surface area contributed by atoms with E-state index in [4.69, 9.17) is 4.74 Å². The van der Waals surface area contributed by atoms with Gasteiger partial charge in [0.15, 0.2) is 6.10 Å². The van der Waals surface area contributed by atoms with Gasteiger partial charge in [-0.2, -0.15) is 0 Å². The highest BCUT2D eigenvalue weighted by molar-refractivity contribution is 7.17. The van der Waals surface area contributed by atoms with Crippen molar-refractivity contribution in [1.29, 1.82) is 0 Å². The fraction of sp³-hybridized carbons (Fsp3) is 0.409. The molecule has 0 saturated carbocycles. The second kappa shape index (κ2) is 9.69. The summed E-state index contributed by atoms with van der Waals surface area (Å²) < 4.78 is 5.59. The van der Waals surface area contributed by atoms with E-state index in [9.17, 15) is 14.4 Å². The summed E-state index contributed by atoms with van der Waals surface area (Å²) in [6.07, 6.45) is 3.24. The van der Waals surface area contributed by atoms with Gasteiger partial charge in [0.05, 0.1) is 5.56 Å². The molecule has 0 fully saturated rings. The summed E-state index contributed by atoms with van der Waals surface area (Å²) in [5.41, 5.74) is 2.34. The molecule has 1 aromatic heterocycles. The third kappa shape index (κ3) is 5.23. The van der Waals surface area contributed by atoms with Crippen molar-refractivity contribution in [3.63, 3.8) is 0 Å². The maximum atomic E-state index is 13.0. The van der Waals surface area contributed by atoms with Gasteiger partial charge in [-0.3, -0.25) is 9.59 Å². The van der Waals surface area contributed by atoms with Gasteiger partial charge in [0, 0.05) is 18.3 Å². The molecule has 3 rings (SSSR count). The number of hydrogen-bond donors (Lipinski definition) is 2. The van der Waals surface area contributed by atoms with Gasteiger partial charge in [-0.05, 0) is 43.2 Å². The van der Waals surface area contributed by atoms with Gasteiger partial charge in [-0.25, -0.2) is 4.79 Å². The Morgan fingerprint density at radius 2 is 1.86 bits per heavy atom. The van der Waals surface area contributed by atoms with Crippen molar-refractivity contribution in [3.05, 3.63) is 51.9 Å². The highest BCUT2D eigenvalue weighted by Gasteiger charge is 2.30. The van der Waals surface area contributed by atoms with Crippen LogP contribution in [0.2, 0.25) is 0 Å². The Morgan fingerprint density at radius 3 is 2.55 bits per heavy atom. The first-order valence-electron chi connectivity index (χ1n) is 9.94. The van der Waals surface area contributed by atoms with Gasteiger partial charge in [0.1, 0.15) is 5.00 Å². The van der Waals surface area contributed by atoms with Crippen LogP contribution < -0.4 is 10.6 Å². The van der Waals surface area contributed by atoms with E-state index in [1.165, 1.54) is 18.3 Å². The quantitative estimate of drug-likeness (QED) is 0.674. The van der Waals surface area contributed by atoms with Crippen molar-refractivity contribution in [2.75, 3.05) is 5.32 Å². The number of hydrogen-bond acceptors (Lipinski definition) is 5. The molecule has 1 aromatic carbocycles. The molecule has 1 aliphatic carbocycles. The van der Waals surface area contributed by atoms with Crippen LogP contribution in [0.1, 0.15) is 59.5 Å². The zero-order valence-electron chi connectivity index (χ0n) is 16.7. The zero-order chi connectivity index (χ0) is 20.8. The molecule has 0 spiro atoms. The lowest BCUT2D eigenvalue weighted by molar-refractivity contribution is -0.130. The average molecular weight is 415 g/mol. The molecule has 1 aliphatic rings. The molecule has 1 unspecified atom stereocenters. The van der Waals surface area contributed by atoms with E-state index >= 15 is 0 Å². The Hall–Kier alpha value is -2.67. The number of benzene rings is 1. The predicted molar refractivity (Wildman–Crippen MR) is 113 cm³/mol. The smallest absolute Gasteiger partial charge is 0.342 e. The van der Waals surface area contributed by atoms with E-state index in [1.807, 2.05) is 30.3 Å². The highest BCUT2D eigenvalue weighted by atomic mass is 32.1. The molecule has 154 valence electrons. The van der Waals surface area contributed by atoms with Crippen molar-refractivity contribution < 1.29 is 19.1 Å². The van der Waals surface area contributed by atoms with Crippen LogP contribution in [0.15, 0.2) is 30.3 Å². The summed E-state index contributed by atoms with van der Waals surface area (Å²) in [4.78, 5) is 38.2. The number of anilines is 1. The number of ether oxygens (including phenoxy) is 1. The van der Waals surface area contributed by atoms with Gasteiger partial charge in [0.2, 0.25) is 5.91 Å². The molecule has 0 bridgehead atoms. The summed E-state index contributed by atoms with van der Waals surface area (Å²) in [7, 11) is 0. The minimum absolute atomic E-state index is 0.231. The van der Waals surface area contributed by atoms with Crippen molar-refractivity contribution in [2.45, 2.75) is 58.6 Å². The number of thiophene rings is 1. The van der Waals surface area contributed by atoms with E-state index in [0.717, 1.165) is 41.7 Å². The predicted octanol–water partition coefficient (Wildman–Crippen LogP) is 3.84. The summed E-state index contributed by atoms with van der Waals surface area (Å²) in [5.74, 6) is -1.10. The summed E-state index contributed by atoms with van der Waals surface area (Å²) in [6.45, 7) is 3.59. The lowest BCUT2D eigenvalue weighted by Crippen LogP contribution is -2.37. The highest BCUT2D eigenvalue weighted by Crippen LogP contribution is 2.38. The number of fused-ring (bicyclic) bond motifs is 1. The van der Waals surface area contributed by atoms with E-state index in [-0.39, 0.29) is 11.8 Å². The topological polar surface area (TPSA) is 84.5 Å². The summed E-state index contributed by atoms with van der Waals surface area (Å²) in [6, 6.07) is 9.56. The molecular weight excluding hydrogens is 388 g/mol. The normalized spacial score (nSPS) is 13.9. The van der Waals surface area contributed by atoms with Gasteiger partial charge in [-0.1, -0.05) is 37.3 Å². The fourth-order valence-corrected chi connectivity index (χ4v) is 4.76. The third-order valence-electron chi connectivity index (χ3n) is 4.89. The minimum atomic E-state index is -0.879. The second-order valence-electron chi connectivity index (χ2n) is 7.10. The number of rotatable bonds is 7. The average Bonchev–Trinajstić information content (AvgIpc) is 3.08. The third-order valence-corrected chi connectivity index (χ3v) is 6.09. The fourth-order valence-electron chi connectivity index (χ4n) is 3.44. The van der Waals surface area contributed by atoms with Crippen LogP contribution in [0.25, 0.3) is 0 Å². The van der Waals surface area contributed by atoms with Gasteiger partial charge < -0.3 is 15.4 Å². The molecule has 1 atom stereocenters. The van der Waals surface area contributed by atoms with Crippen LogP contribution in [0.4, 0.5) is 5.00 Å². The minimum Gasteiger partial charge on any atom is -0.449 e. The Balaban J connectivity index is 1.72. The number of aryl methyl sites for hydroxylation is 1. The van der Waals surface area contributed by atoms with E-state index in [1.54, 1.807) is 6.92 Å². The molecule has 2 N–H and O–H groups in total. The van der Waals surface area contributed by atoms with E-state index in [2.05, 4.69) is 10.6 Å². The molecule has 6 nitrogen and oxygen atoms in total. The van der Waals surface area contributed by atoms with E-state index < -0.39 is 12.1 Å². The van der Waals surface area contributed by atoms with Gasteiger partial charge in [0.25, 0.3) is 5.91 Å². The number of carbonyl (C=O) groups excluding carboxylic acids is 3. The van der Waals surface area contributed by atoms with Crippen LogP contribution in [-0.4, -0.2) is 23.9 Å². The second-order valence-corrected chi connectivity index (χ2v) is 8.21. The molecule has 7 heteroatoms. The Kier molecular flexibility index (Phi) is 7.04. The molecule has 0 saturated heterocycles. The first kappa shape index (κ1) is 21.0.